The van der Waals surface area contributed by atoms with Gasteiger partial charge in [0.25, 0.3) is 23.4 Å². The molecule has 154 valence electrons. The Morgan fingerprint density at radius 3 is 2.67 bits per heavy atom. The van der Waals surface area contributed by atoms with E-state index < -0.39 is 22.6 Å². The van der Waals surface area contributed by atoms with Gasteiger partial charge in [0.15, 0.2) is 0 Å². The van der Waals surface area contributed by atoms with Gasteiger partial charge in [0.2, 0.25) is 0 Å². The van der Waals surface area contributed by atoms with Crippen molar-refractivity contribution in [2.75, 3.05) is 18.5 Å². The van der Waals surface area contributed by atoms with E-state index in [4.69, 9.17) is 16.3 Å². The average molecular weight is 430 g/mol. The van der Waals surface area contributed by atoms with Crippen LogP contribution in [0.1, 0.15) is 43.9 Å². The fourth-order valence-electron chi connectivity index (χ4n) is 3.52. The van der Waals surface area contributed by atoms with Crippen LogP contribution < -0.4 is 5.32 Å². The van der Waals surface area contributed by atoms with E-state index >= 15 is 0 Å². The zero-order chi connectivity index (χ0) is 21.4. The Bertz CT molecular complexity index is 1080. The third-order valence-electron chi connectivity index (χ3n) is 5.04. The maximum atomic E-state index is 12.7. The Labute approximate surface area is 175 Å². The summed E-state index contributed by atoms with van der Waals surface area (Å²) >= 11 is 5.78. The first-order valence-corrected chi connectivity index (χ1v) is 9.60. The maximum absolute atomic E-state index is 12.7. The number of carbonyl (C=O) groups is 3. The molecule has 4 rings (SSSR count). The van der Waals surface area contributed by atoms with Gasteiger partial charge in [-0.1, -0.05) is 11.6 Å². The summed E-state index contributed by atoms with van der Waals surface area (Å²) in [5, 5.41) is 13.5. The van der Waals surface area contributed by atoms with Gasteiger partial charge in [-0.25, -0.2) is 0 Å². The summed E-state index contributed by atoms with van der Waals surface area (Å²) in [6, 6.07) is 8.10. The van der Waals surface area contributed by atoms with Gasteiger partial charge in [-0.2, -0.15) is 0 Å². The molecular weight excluding hydrogens is 414 g/mol. The van der Waals surface area contributed by atoms with Crippen molar-refractivity contribution in [1.29, 1.82) is 0 Å². The number of nitrogens with zero attached hydrogens (tertiary/aromatic N) is 2. The largest absolute Gasteiger partial charge is 0.376 e. The molecule has 0 radical (unpaired) electrons. The van der Waals surface area contributed by atoms with Crippen molar-refractivity contribution in [2.45, 2.75) is 18.9 Å². The molecule has 0 aromatic heterocycles. The van der Waals surface area contributed by atoms with Gasteiger partial charge in [-0.15, -0.1) is 0 Å². The van der Waals surface area contributed by atoms with Crippen LogP contribution in [-0.4, -0.2) is 46.8 Å². The molecule has 1 unspecified atom stereocenters. The Morgan fingerprint density at radius 2 is 1.97 bits per heavy atom. The van der Waals surface area contributed by atoms with E-state index in [1.165, 1.54) is 30.3 Å². The molecule has 1 saturated heterocycles. The second kappa shape index (κ2) is 7.85. The molecule has 1 N–H and O–H groups in total. The topological polar surface area (TPSA) is 119 Å². The van der Waals surface area contributed by atoms with Gasteiger partial charge in [-0.3, -0.25) is 29.4 Å². The standard InChI is InChI=1S/C20H16ClN3O6/c21-16-6-4-12(9-17(16)24(28)29)22-18(25)11-3-5-14-15(8-11)20(27)23(19(14)26)10-13-2-1-7-30-13/h3-6,8-9,13H,1-2,7,10H2,(H,22,25). The Morgan fingerprint density at radius 1 is 1.20 bits per heavy atom. The quantitative estimate of drug-likeness (QED) is 0.442. The van der Waals surface area contributed by atoms with E-state index in [0.29, 0.717) is 6.61 Å². The molecule has 1 atom stereocenters. The minimum Gasteiger partial charge on any atom is -0.376 e. The highest BCUT2D eigenvalue weighted by Gasteiger charge is 2.38. The molecule has 1 fully saturated rings. The van der Waals surface area contributed by atoms with Crippen molar-refractivity contribution < 1.29 is 24.0 Å². The molecule has 2 aliphatic heterocycles. The second-order valence-corrected chi connectivity index (χ2v) is 7.40. The summed E-state index contributed by atoms with van der Waals surface area (Å²) in [6.45, 7) is 0.795. The fourth-order valence-corrected chi connectivity index (χ4v) is 3.71. The van der Waals surface area contributed by atoms with Gasteiger partial charge in [0, 0.05) is 23.9 Å². The first kappa shape index (κ1) is 20.0. The van der Waals surface area contributed by atoms with E-state index in [0.717, 1.165) is 23.8 Å². The molecule has 2 heterocycles. The number of rotatable bonds is 5. The van der Waals surface area contributed by atoms with Crippen molar-refractivity contribution >= 4 is 40.7 Å². The number of anilines is 1. The summed E-state index contributed by atoms with van der Waals surface area (Å²) in [5.74, 6) is -1.46. The van der Waals surface area contributed by atoms with Crippen LogP contribution in [0, 0.1) is 10.1 Å². The number of halogens is 1. The maximum Gasteiger partial charge on any atom is 0.289 e. The predicted octanol–water partition coefficient (Wildman–Crippen LogP) is 3.28. The highest BCUT2D eigenvalue weighted by atomic mass is 35.5. The van der Waals surface area contributed by atoms with Crippen LogP contribution in [0.15, 0.2) is 36.4 Å². The summed E-state index contributed by atoms with van der Waals surface area (Å²) in [6.07, 6.45) is 1.51. The van der Waals surface area contributed by atoms with Crippen LogP contribution in [0.5, 0.6) is 0 Å². The molecule has 9 nitrogen and oxygen atoms in total. The van der Waals surface area contributed by atoms with E-state index in [-0.39, 0.29) is 45.7 Å². The molecular formula is C20H16ClN3O6. The highest BCUT2D eigenvalue weighted by Crippen LogP contribution is 2.29. The average Bonchev–Trinajstić information content (AvgIpc) is 3.32. The molecule has 2 aliphatic rings. The SMILES string of the molecule is O=C(Nc1ccc(Cl)c([N+](=O)[O-])c1)c1ccc2c(c1)C(=O)N(CC1CCCO1)C2=O. The number of imide groups is 1. The third kappa shape index (κ3) is 3.64. The van der Waals surface area contributed by atoms with Crippen LogP contribution in [-0.2, 0) is 4.74 Å². The van der Waals surface area contributed by atoms with Crippen molar-refractivity contribution in [3.63, 3.8) is 0 Å². The summed E-state index contributed by atoms with van der Waals surface area (Å²) in [5.41, 5.74) is 0.365. The van der Waals surface area contributed by atoms with Crippen LogP contribution >= 0.6 is 11.6 Å². The second-order valence-electron chi connectivity index (χ2n) is 6.99. The number of benzene rings is 2. The van der Waals surface area contributed by atoms with Crippen molar-refractivity contribution in [2.24, 2.45) is 0 Å². The lowest BCUT2D eigenvalue weighted by molar-refractivity contribution is -0.384. The highest BCUT2D eigenvalue weighted by molar-refractivity contribution is 6.32. The lowest BCUT2D eigenvalue weighted by Crippen LogP contribution is -2.36. The van der Waals surface area contributed by atoms with Crippen LogP contribution in [0.4, 0.5) is 11.4 Å². The van der Waals surface area contributed by atoms with Gasteiger partial charge in [0.1, 0.15) is 5.02 Å². The summed E-state index contributed by atoms with van der Waals surface area (Å²) in [7, 11) is 0. The Hall–Kier alpha value is -3.30. The number of hydrogen-bond donors (Lipinski definition) is 1. The number of ether oxygens (including phenoxy) is 1. The van der Waals surface area contributed by atoms with Gasteiger partial charge in [0.05, 0.1) is 28.7 Å². The number of hydrogen-bond acceptors (Lipinski definition) is 6. The lowest BCUT2D eigenvalue weighted by Gasteiger charge is -2.17. The Balaban J connectivity index is 1.54. The molecule has 3 amide bonds. The first-order valence-electron chi connectivity index (χ1n) is 9.22. The van der Waals surface area contributed by atoms with Crippen LogP contribution in [0.25, 0.3) is 0 Å². The Kier molecular flexibility index (Phi) is 5.23. The smallest absolute Gasteiger partial charge is 0.289 e. The lowest BCUT2D eigenvalue weighted by atomic mass is 10.1. The number of nitro groups is 1. The van der Waals surface area contributed by atoms with Crippen molar-refractivity contribution in [3.8, 4) is 0 Å². The zero-order valence-electron chi connectivity index (χ0n) is 15.6. The van der Waals surface area contributed by atoms with E-state index in [2.05, 4.69) is 5.32 Å². The van der Waals surface area contributed by atoms with Gasteiger partial charge < -0.3 is 10.1 Å². The number of amides is 3. The normalized spacial score (nSPS) is 17.9. The number of carbonyl (C=O) groups excluding carboxylic acids is 3. The summed E-state index contributed by atoms with van der Waals surface area (Å²) < 4.78 is 5.51. The van der Waals surface area contributed by atoms with E-state index in [9.17, 15) is 24.5 Å². The zero-order valence-corrected chi connectivity index (χ0v) is 16.3. The molecule has 0 bridgehead atoms. The van der Waals surface area contributed by atoms with E-state index in [1.807, 2.05) is 0 Å². The van der Waals surface area contributed by atoms with Crippen LogP contribution in [0.3, 0.4) is 0 Å². The number of nitro benzene ring substituents is 1. The molecule has 0 spiro atoms. The van der Waals surface area contributed by atoms with Crippen molar-refractivity contribution in [1.82, 2.24) is 4.90 Å². The summed E-state index contributed by atoms with van der Waals surface area (Å²) in [4.78, 5) is 49.4. The molecule has 0 aliphatic carbocycles. The first-order chi connectivity index (χ1) is 14.3. The monoisotopic (exact) mass is 429 g/mol. The van der Waals surface area contributed by atoms with Gasteiger partial charge in [-0.05, 0) is 43.2 Å². The molecule has 10 heteroatoms. The van der Waals surface area contributed by atoms with Crippen LogP contribution in [0.2, 0.25) is 5.02 Å². The molecule has 30 heavy (non-hydrogen) atoms. The molecule has 2 aromatic rings. The minimum absolute atomic E-state index is 0.0500. The number of fused-ring (bicyclic) bond motifs is 1. The molecule has 2 aromatic carbocycles. The number of nitrogens with one attached hydrogen (secondary N) is 1. The van der Waals surface area contributed by atoms with E-state index in [1.54, 1.807) is 0 Å². The van der Waals surface area contributed by atoms with Gasteiger partial charge >= 0.3 is 0 Å². The fraction of sp³-hybridized carbons (Fsp3) is 0.250. The molecule has 0 saturated carbocycles. The predicted molar refractivity (Wildman–Crippen MR) is 107 cm³/mol. The third-order valence-corrected chi connectivity index (χ3v) is 5.36. The van der Waals surface area contributed by atoms with Crippen molar-refractivity contribution in [3.05, 3.63) is 68.2 Å². The minimum atomic E-state index is -0.652.